The Morgan fingerprint density at radius 2 is 2.36 bits per heavy atom. The molecule has 1 aromatic heterocycles. The third-order valence-corrected chi connectivity index (χ3v) is 1.54. The zero-order valence-electron chi connectivity index (χ0n) is 5.79. The van der Waals surface area contributed by atoms with Crippen LogP contribution in [0.1, 0.15) is 5.56 Å². The minimum atomic E-state index is 0. The van der Waals surface area contributed by atoms with Gasteiger partial charge in [0.2, 0.25) is 0 Å². The van der Waals surface area contributed by atoms with Crippen molar-refractivity contribution in [2.45, 2.75) is 6.42 Å². The Balaban J connectivity index is 0.000000605. The standard InChI is InChI=1S/C7H7N3.ClH/c8-6-3-5-1-2-9-7(5)10-4-6;/h1-2,4,8-9H,3H2;1H. The molecule has 1 aromatic rings. The first-order valence-electron chi connectivity index (χ1n) is 3.14. The van der Waals surface area contributed by atoms with Crippen LogP contribution in [0.3, 0.4) is 0 Å². The van der Waals surface area contributed by atoms with Crippen molar-refractivity contribution < 1.29 is 0 Å². The van der Waals surface area contributed by atoms with Crippen LogP contribution in [0.4, 0.5) is 5.82 Å². The van der Waals surface area contributed by atoms with E-state index in [1.807, 2.05) is 12.3 Å². The van der Waals surface area contributed by atoms with Gasteiger partial charge in [-0.15, -0.1) is 12.4 Å². The Morgan fingerprint density at radius 1 is 1.55 bits per heavy atom. The lowest BCUT2D eigenvalue weighted by Gasteiger charge is -2.02. The second-order valence-corrected chi connectivity index (χ2v) is 2.31. The summed E-state index contributed by atoms with van der Waals surface area (Å²) in [6.07, 6.45) is 4.14. The summed E-state index contributed by atoms with van der Waals surface area (Å²) in [6, 6.07) is 1.96. The van der Waals surface area contributed by atoms with Crippen LogP contribution in [0, 0.1) is 5.41 Å². The van der Waals surface area contributed by atoms with E-state index >= 15 is 0 Å². The highest BCUT2D eigenvalue weighted by atomic mass is 35.5. The van der Waals surface area contributed by atoms with Crippen molar-refractivity contribution in [1.29, 1.82) is 5.41 Å². The monoisotopic (exact) mass is 169 g/mol. The molecule has 58 valence electrons. The number of halogens is 1. The van der Waals surface area contributed by atoms with E-state index in [1.54, 1.807) is 6.21 Å². The lowest BCUT2D eigenvalue weighted by Crippen LogP contribution is -2.05. The minimum absolute atomic E-state index is 0. The summed E-state index contributed by atoms with van der Waals surface area (Å²) in [4.78, 5) is 7.01. The fraction of sp³-hybridized carbons (Fsp3) is 0.143. The second-order valence-electron chi connectivity index (χ2n) is 2.31. The Labute approximate surface area is 70.5 Å². The average molecular weight is 170 g/mol. The fourth-order valence-corrected chi connectivity index (χ4v) is 1.05. The van der Waals surface area contributed by atoms with Gasteiger partial charge < -0.3 is 10.4 Å². The summed E-state index contributed by atoms with van der Waals surface area (Å²) in [5.41, 5.74) is 1.69. The van der Waals surface area contributed by atoms with Gasteiger partial charge in [0, 0.05) is 18.2 Å². The number of nitrogens with zero attached hydrogens (tertiary/aromatic N) is 1. The normalized spacial score (nSPS) is 14.0. The predicted molar refractivity (Wildman–Crippen MR) is 47.6 cm³/mol. The molecule has 1 aliphatic heterocycles. The highest BCUT2D eigenvalue weighted by molar-refractivity contribution is 6.31. The first-order chi connectivity index (χ1) is 4.86. The van der Waals surface area contributed by atoms with E-state index < -0.39 is 0 Å². The quantitative estimate of drug-likeness (QED) is 0.594. The van der Waals surface area contributed by atoms with E-state index in [2.05, 4.69) is 9.98 Å². The van der Waals surface area contributed by atoms with E-state index in [4.69, 9.17) is 5.41 Å². The summed E-state index contributed by atoms with van der Waals surface area (Å²) >= 11 is 0. The number of nitrogens with one attached hydrogen (secondary N) is 2. The van der Waals surface area contributed by atoms with Crippen molar-refractivity contribution in [2.75, 3.05) is 0 Å². The predicted octanol–water partition coefficient (Wildman–Crippen LogP) is 1.71. The van der Waals surface area contributed by atoms with Crippen molar-refractivity contribution in [1.82, 2.24) is 4.98 Å². The maximum absolute atomic E-state index is 7.30. The Morgan fingerprint density at radius 3 is 3.18 bits per heavy atom. The topological polar surface area (TPSA) is 52.0 Å². The number of aromatic amines is 1. The Bertz CT molecular complexity index is 300. The highest BCUT2D eigenvalue weighted by Gasteiger charge is 2.08. The Kier molecular flexibility index (Phi) is 2.10. The molecule has 0 fully saturated rings. The summed E-state index contributed by atoms with van der Waals surface area (Å²) in [5, 5.41) is 7.30. The van der Waals surface area contributed by atoms with Gasteiger partial charge >= 0.3 is 0 Å². The lowest BCUT2D eigenvalue weighted by molar-refractivity contribution is 1.24. The molecule has 3 nitrogen and oxygen atoms in total. The van der Waals surface area contributed by atoms with Crippen LogP contribution in [0.2, 0.25) is 0 Å². The van der Waals surface area contributed by atoms with Crippen LogP contribution >= 0.6 is 12.4 Å². The molecule has 0 unspecified atom stereocenters. The average Bonchev–Trinajstić information content (AvgIpc) is 2.33. The van der Waals surface area contributed by atoms with Crippen molar-refractivity contribution in [3.8, 4) is 0 Å². The van der Waals surface area contributed by atoms with Gasteiger partial charge in [0.25, 0.3) is 0 Å². The Hall–Kier alpha value is -1.09. The molecule has 1 aliphatic rings. The largest absolute Gasteiger partial charge is 0.346 e. The van der Waals surface area contributed by atoms with Crippen molar-refractivity contribution in [2.24, 2.45) is 4.99 Å². The molecule has 11 heavy (non-hydrogen) atoms. The molecule has 2 N–H and O–H groups in total. The number of aliphatic imine (C=N–C) groups is 1. The van der Waals surface area contributed by atoms with Crippen molar-refractivity contribution in [3.63, 3.8) is 0 Å². The third kappa shape index (κ3) is 1.33. The minimum Gasteiger partial charge on any atom is -0.346 e. The van der Waals surface area contributed by atoms with Crippen LogP contribution in [0.15, 0.2) is 17.3 Å². The molecule has 0 saturated carbocycles. The van der Waals surface area contributed by atoms with Gasteiger partial charge in [0.05, 0.1) is 11.9 Å². The number of aromatic nitrogens is 1. The van der Waals surface area contributed by atoms with E-state index in [1.165, 1.54) is 0 Å². The molecule has 0 aliphatic carbocycles. The van der Waals surface area contributed by atoms with Gasteiger partial charge in [-0.2, -0.15) is 0 Å². The van der Waals surface area contributed by atoms with E-state index in [9.17, 15) is 0 Å². The highest BCUT2D eigenvalue weighted by Crippen LogP contribution is 2.19. The van der Waals surface area contributed by atoms with Crippen LogP contribution in [0.25, 0.3) is 0 Å². The van der Waals surface area contributed by atoms with Crippen LogP contribution in [-0.4, -0.2) is 16.9 Å². The lowest BCUT2D eigenvalue weighted by atomic mass is 10.1. The molecule has 0 saturated heterocycles. The SMILES string of the molecule is Cl.N=C1C=Nc2[nH]ccc2C1. The van der Waals surface area contributed by atoms with Gasteiger partial charge in [-0.05, 0) is 6.07 Å². The first kappa shape index (κ1) is 8.01. The molecule has 2 rings (SSSR count). The number of fused-ring (bicyclic) bond motifs is 1. The first-order valence-corrected chi connectivity index (χ1v) is 3.14. The number of hydrogen-bond donors (Lipinski definition) is 2. The molecule has 0 radical (unpaired) electrons. The number of rotatable bonds is 0. The van der Waals surface area contributed by atoms with E-state index in [0.717, 1.165) is 11.4 Å². The molecule has 0 bridgehead atoms. The van der Waals surface area contributed by atoms with Crippen LogP contribution < -0.4 is 0 Å². The molecule has 0 amide bonds. The fourth-order valence-electron chi connectivity index (χ4n) is 1.05. The van der Waals surface area contributed by atoms with Gasteiger partial charge in [-0.25, -0.2) is 4.99 Å². The zero-order valence-corrected chi connectivity index (χ0v) is 6.61. The summed E-state index contributed by atoms with van der Waals surface area (Å²) in [7, 11) is 0. The van der Waals surface area contributed by atoms with Crippen molar-refractivity contribution >= 4 is 30.2 Å². The molecular weight excluding hydrogens is 162 g/mol. The van der Waals surface area contributed by atoms with Crippen molar-refractivity contribution in [3.05, 3.63) is 17.8 Å². The molecule has 0 spiro atoms. The van der Waals surface area contributed by atoms with E-state index in [0.29, 0.717) is 12.1 Å². The van der Waals surface area contributed by atoms with Crippen LogP contribution in [0.5, 0.6) is 0 Å². The smallest absolute Gasteiger partial charge is 0.133 e. The van der Waals surface area contributed by atoms with Gasteiger partial charge in [0.1, 0.15) is 5.82 Å². The van der Waals surface area contributed by atoms with Gasteiger partial charge in [-0.3, -0.25) is 0 Å². The summed E-state index contributed by atoms with van der Waals surface area (Å²) in [5.74, 6) is 0.899. The van der Waals surface area contributed by atoms with Gasteiger partial charge in [0.15, 0.2) is 0 Å². The maximum atomic E-state index is 7.30. The molecule has 0 atom stereocenters. The molecule has 2 heterocycles. The molecule has 0 aromatic carbocycles. The maximum Gasteiger partial charge on any atom is 0.133 e. The van der Waals surface area contributed by atoms with Crippen LogP contribution in [-0.2, 0) is 6.42 Å². The van der Waals surface area contributed by atoms with E-state index in [-0.39, 0.29) is 12.4 Å². The third-order valence-electron chi connectivity index (χ3n) is 1.54. The number of H-pyrrole nitrogens is 1. The number of hydrogen-bond acceptors (Lipinski definition) is 2. The van der Waals surface area contributed by atoms with Gasteiger partial charge in [-0.1, -0.05) is 0 Å². The molecule has 4 heteroatoms. The molecular formula is C7H8ClN3. The summed E-state index contributed by atoms with van der Waals surface area (Å²) < 4.78 is 0. The zero-order chi connectivity index (χ0) is 6.97. The second kappa shape index (κ2) is 2.88. The summed E-state index contributed by atoms with van der Waals surface area (Å²) in [6.45, 7) is 0.